The molecule has 0 radical (unpaired) electrons. The van der Waals surface area contributed by atoms with Crippen molar-refractivity contribution < 1.29 is 9.59 Å². The Balaban J connectivity index is 1.18. The van der Waals surface area contributed by atoms with Crippen LogP contribution in [0.5, 0.6) is 0 Å². The molecule has 0 aromatic rings. The average Bonchev–Trinajstić information content (AvgIpc) is 3.58. The summed E-state index contributed by atoms with van der Waals surface area (Å²) in [5.41, 5.74) is 3.75. The van der Waals surface area contributed by atoms with Crippen LogP contribution in [0.15, 0.2) is 0 Å². The van der Waals surface area contributed by atoms with Crippen LogP contribution in [0.2, 0.25) is 0 Å². The van der Waals surface area contributed by atoms with Crippen LogP contribution in [-0.4, -0.2) is 90.4 Å². The summed E-state index contributed by atoms with van der Waals surface area (Å²) in [7, 11) is 1.68. The number of carbonyl (C=O) groups excluding carboxylic acids is 2. The Morgan fingerprint density at radius 2 is 1.68 bits per heavy atom. The minimum atomic E-state index is -0.270. The number of hydrogen-bond acceptors (Lipinski definition) is 7. The third-order valence-corrected chi connectivity index (χ3v) is 10.4. The fourth-order valence-electron chi connectivity index (χ4n) is 8.28. The molecule has 3 amide bonds. The number of imide groups is 1. The Morgan fingerprint density at radius 1 is 0.892 bits per heavy atom. The highest BCUT2D eigenvalue weighted by Gasteiger charge is 2.57. The van der Waals surface area contributed by atoms with Crippen molar-refractivity contribution in [1.82, 2.24) is 36.2 Å². The van der Waals surface area contributed by atoms with Gasteiger partial charge in [0.15, 0.2) is 0 Å². The van der Waals surface area contributed by atoms with Crippen molar-refractivity contribution >= 4 is 11.9 Å². The molecule has 0 aromatic carbocycles. The van der Waals surface area contributed by atoms with E-state index in [0.717, 1.165) is 38.0 Å². The lowest BCUT2D eigenvalue weighted by molar-refractivity contribution is -0.138. The van der Waals surface area contributed by atoms with Crippen LogP contribution in [0.1, 0.15) is 83.5 Å². The molecular formula is C28H49N7O2. The number of piperidine rings is 1. The molecule has 4 saturated heterocycles. The Morgan fingerprint density at radius 3 is 2.38 bits per heavy atom. The topological polar surface area (TPSA) is 92.0 Å². The number of nitrogens with zero attached hydrogens (tertiary/aromatic N) is 3. The highest BCUT2D eigenvalue weighted by atomic mass is 16.2. The monoisotopic (exact) mass is 515 g/mol. The molecule has 6 rings (SSSR count). The van der Waals surface area contributed by atoms with Crippen molar-refractivity contribution in [2.24, 2.45) is 17.8 Å². The van der Waals surface area contributed by atoms with Gasteiger partial charge in [0.2, 0.25) is 5.91 Å². The van der Waals surface area contributed by atoms with Crippen LogP contribution in [0.4, 0.5) is 4.79 Å². The highest BCUT2D eigenvalue weighted by molar-refractivity contribution is 5.99. The zero-order valence-corrected chi connectivity index (χ0v) is 22.8. The van der Waals surface area contributed by atoms with E-state index in [1.807, 2.05) is 4.90 Å². The van der Waals surface area contributed by atoms with Crippen LogP contribution in [0, 0.1) is 17.8 Å². The van der Waals surface area contributed by atoms with Gasteiger partial charge in [0, 0.05) is 38.3 Å². The zero-order valence-electron chi connectivity index (χ0n) is 22.8. The first-order valence-corrected chi connectivity index (χ1v) is 15.4. The van der Waals surface area contributed by atoms with Gasteiger partial charge >= 0.3 is 6.03 Å². The SMILES string of the molecule is CN1C(=O)C2C(NC3CCCCC3)N(CC3CCC(C4CCCCN4)CC3)NC2N(C2CCNC2)C1=O. The Hall–Kier alpha value is -1.26. The molecule has 4 aliphatic heterocycles. The fraction of sp³-hybridized carbons (Fsp3) is 0.929. The van der Waals surface area contributed by atoms with Crippen molar-refractivity contribution in [2.75, 3.05) is 33.2 Å². The van der Waals surface area contributed by atoms with Crippen molar-refractivity contribution in [3.63, 3.8) is 0 Å². The standard InChI is InChI=1S/C28H49N7O2/c1-33-27(36)24-25(31-21-7-3-2-4-8-21)34(32-26(24)35(28(33)37)22-14-16-29-17-22)18-19-10-12-20(13-11-19)23-9-5-6-15-30-23/h19-26,29-32H,2-18H2,1H3. The van der Waals surface area contributed by atoms with Gasteiger partial charge in [-0.25, -0.2) is 15.2 Å². The molecule has 4 N–H and O–H groups in total. The van der Waals surface area contributed by atoms with Gasteiger partial charge in [-0.05, 0) is 82.7 Å². The quantitative estimate of drug-likeness (QED) is 0.431. The van der Waals surface area contributed by atoms with Gasteiger partial charge < -0.3 is 15.5 Å². The van der Waals surface area contributed by atoms with Crippen LogP contribution >= 0.6 is 0 Å². The second kappa shape index (κ2) is 11.5. The molecule has 0 bridgehead atoms. The normalized spacial score (nSPS) is 40.4. The second-order valence-corrected chi connectivity index (χ2v) is 12.8. The smallest absolute Gasteiger partial charge is 0.315 e. The number of hydrazine groups is 1. The highest BCUT2D eigenvalue weighted by Crippen LogP contribution is 2.37. The van der Waals surface area contributed by atoms with Gasteiger partial charge in [0.05, 0.1) is 6.17 Å². The van der Waals surface area contributed by atoms with Crippen molar-refractivity contribution in [3.05, 3.63) is 0 Å². The molecule has 0 spiro atoms. The van der Waals surface area contributed by atoms with E-state index < -0.39 is 0 Å². The van der Waals surface area contributed by atoms with E-state index in [0.29, 0.717) is 12.0 Å². The number of hydrogen-bond donors (Lipinski definition) is 4. The van der Waals surface area contributed by atoms with E-state index in [-0.39, 0.29) is 36.2 Å². The van der Waals surface area contributed by atoms with E-state index in [1.165, 1.54) is 88.5 Å². The Labute approximate surface area is 222 Å². The van der Waals surface area contributed by atoms with Gasteiger partial charge in [-0.15, -0.1) is 0 Å². The van der Waals surface area contributed by atoms with Gasteiger partial charge in [-0.1, -0.05) is 25.7 Å². The van der Waals surface area contributed by atoms with Crippen molar-refractivity contribution in [3.8, 4) is 0 Å². The summed E-state index contributed by atoms with van der Waals surface area (Å²) in [5.74, 6) is 1.15. The molecule has 4 heterocycles. The lowest BCUT2D eigenvalue weighted by Crippen LogP contribution is -2.66. The summed E-state index contributed by atoms with van der Waals surface area (Å²) in [6.45, 7) is 3.87. The molecule has 208 valence electrons. The predicted octanol–water partition coefficient (Wildman–Crippen LogP) is 2.20. The third kappa shape index (κ3) is 5.31. The predicted molar refractivity (Wildman–Crippen MR) is 143 cm³/mol. The molecule has 5 unspecified atom stereocenters. The first-order chi connectivity index (χ1) is 18.1. The minimum absolute atomic E-state index is 0.0346. The summed E-state index contributed by atoms with van der Waals surface area (Å²) in [4.78, 5) is 30.4. The summed E-state index contributed by atoms with van der Waals surface area (Å²) >= 11 is 0. The van der Waals surface area contributed by atoms with Crippen molar-refractivity contribution in [2.45, 2.75) is 114 Å². The van der Waals surface area contributed by atoms with Crippen molar-refractivity contribution in [1.29, 1.82) is 0 Å². The van der Waals surface area contributed by atoms with Crippen LogP contribution in [0.3, 0.4) is 0 Å². The third-order valence-electron chi connectivity index (χ3n) is 10.4. The van der Waals surface area contributed by atoms with E-state index in [9.17, 15) is 9.59 Å². The van der Waals surface area contributed by atoms with E-state index in [4.69, 9.17) is 0 Å². The number of urea groups is 1. The van der Waals surface area contributed by atoms with Gasteiger partial charge in [0.1, 0.15) is 12.1 Å². The molecule has 37 heavy (non-hydrogen) atoms. The van der Waals surface area contributed by atoms with E-state index in [1.54, 1.807) is 7.05 Å². The van der Waals surface area contributed by atoms with Crippen LogP contribution in [-0.2, 0) is 4.79 Å². The molecule has 2 saturated carbocycles. The minimum Gasteiger partial charge on any atom is -0.315 e. The second-order valence-electron chi connectivity index (χ2n) is 12.8. The molecule has 2 aliphatic carbocycles. The summed E-state index contributed by atoms with van der Waals surface area (Å²) < 4.78 is 0. The largest absolute Gasteiger partial charge is 0.328 e. The summed E-state index contributed by atoms with van der Waals surface area (Å²) in [6, 6.07) is 1.16. The molecule has 0 aromatic heterocycles. The number of carbonyl (C=O) groups is 2. The lowest BCUT2D eigenvalue weighted by atomic mass is 9.76. The zero-order chi connectivity index (χ0) is 25.4. The van der Waals surface area contributed by atoms with Gasteiger partial charge in [-0.2, -0.15) is 0 Å². The number of nitrogens with one attached hydrogen (secondary N) is 4. The lowest BCUT2D eigenvalue weighted by Gasteiger charge is -2.44. The summed E-state index contributed by atoms with van der Waals surface area (Å²) in [6.07, 6.45) is 16.0. The van der Waals surface area contributed by atoms with Crippen LogP contribution < -0.4 is 21.4 Å². The molecular weight excluding hydrogens is 466 g/mol. The Bertz CT molecular complexity index is 800. The maximum Gasteiger partial charge on any atom is 0.328 e. The maximum absolute atomic E-state index is 13.6. The molecule has 6 fully saturated rings. The Kier molecular flexibility index (Phi) is 8.05. The fourth-order valence-corrected chi connectivity index (χ4v) is 8.28. The molecule has 9 nitrogen and oxygen atoms in total. The number of fused-ring (bicyclic) bond motifs is 1. The van der Waals surface area contributed by atoms with E-state index in [2.05, 4.69) is 26.4 Å². The first kappa shape index (κ1) is 26.0. The van der Waals surface area contributed by atoms with E-state index >= 15 is 0 Å². The number of rotatable bonds is 6. The first-order valence-electron chi connectivity index (χ1n) is 15.4. The molecule has 5 atom stereocenters. The number of amides is 3. The van der Waals surface area contributed by atoms with Gasteiger partial charge in [0.25, 0.3) is 0 Å². The summed E-state index contributed by atoms with van der Waals surface area (Å²) in [5, 5.41) is 13.5. The average molecular weight is 516 g/mol. The maximum atomic E-state index is 13.6. The molecule has 6 aliphatic rings. The van der Waals surface area contributed by atoms with Gasteiger partial charge in [-0.3, -0.25) is 15.0 Å². The van der Waals surface area contributed by atoms with Crippen LogP contribution in [0.25, 0.3) is 0 Å². The molecule has 9 heteroatoms.